The number of benzene rings is 1. The maximum Gasteiger partial charge on any atom is 0.126 e. The lowest BCUT2D eigenvalue weighted by molar-refractivity contribution is 0.148. The fraction of sp³-hybridized carbons (Fsp3) is 0.500. The van der Waals surface area contributed by atoms with Crippen molar-refractivity contribution < 1.29 is 9.50 Å². The van der Waals surface area contributed by atoms with E-state index < -0.39 is 6.10 Å². The Labute approximate surface area is 83.6 Å². The van der Waals surface area contributed by atoms with Crippen LogP contribution in [-0.2, 0) is 0 Å². The van der Waals surface area contributed by atoms with Crippen LogP contribution in [0.2, 0.25) is 0 Å². The van der Waals surface area contributed by atoms with Gasteiger partial charge in [0.05, 0.1) is 6.10 Å². The van der Waals surface area contributed by atoms with Gasteiger partial charge < -0.3 is 5.11 Å². The van der Waals surface area contributed by atoms with E-state index >= 15 is 0 Å². The molecule has 2 heteroatoms. The lowest BCUT2D eigenvalue weighted by Crippen LogP contribution is -2.01. The molecule has 1 aliphatic carbocycles. The van der Waals surface area contributed by atoms with Crippen molar-refractivity contribution in [3.05, 3.63) is 35.1 Å². The fourth-order valence-corrected chi connectivity index (χ4v) is 1.89. The van der Waals surface area contributed by atoms with E-state index in [1.54, 1.807) is 19.1 Å². The summed E-state index contributed by atoms with van der Waals surface area (Å²) in [5.41, 5.74) is 1.45. The summed E-state index contributed by atoms with van der Waals surface area (Å²) in [7, 11) is 0. The second-order valence-corrected chi connectivity index (χ2v) is 4.33. The van der Waals surface area contributed by atoms with Crippen LogP contribution in [0.15, 0.2) is 18.2 Å². The van der Waals surface area contributed by atoms with Gasteiger partial charge in [0.1, 0.15) is 5.82 Å². The molecule has 3 atom stereocenters. The summed E-state index contributed by atoms with van der Waals surface area (Å²) in [6.07, 6.45) is 0.668. The Morgan fingerprint density at radius 3 is 2.64 bits per heavy atom. The van der Waals surface area contributed by atoms with E-state index in [0.29, 0.717) is 17.4 Å². The van der Waals surface area contributed by atoms with Crippen LogP contribution in [-0.4, -0.2) is 5.11 Å². The van der Waals surface area contributed by atoms with E-state index in [2.05, 4.69) is 6.92 Å². The molecular weight excluding hydrogens is 179 g/mol. The smallest absolute Gasteiger partial charge is 0.126 e. The second kappa shape index (κ2) is 3.35. The van der Waals surface area contributed by atoms with Gasteiger partial charge in [-0.2, -0.15) is 0 Å². The summed E-state index contributed by atoms with van der Waals surface area (Å²) in [5.74, 6) is 0.778. The van der Waals surface area contributed by atoms with E-state index in [1.165, 1.54) is 6.07 Å². The van der Waals surface area contributed by atoms with Crippen LogP contribution in [0.25, 0.3) is 0 Å². The van der Waals surface area contributed by atoms with Crippen LogP contribution in [0.3, 0.4) is 0 Å². The summed E-state index contributed by atoms with van der Waals surface area (Å²) in [4.78, 5) is 0. The number of halogens is 1. The Bertz CT molecular complexity index is 348. The van der Waals surface area contributed by atoms with Gasteiger partial charge in [0.25, 0.3) is 0 Å². The largest absolute Gasteiger partial charge is 0.388 e. The Kier molecular flexibility index (Phi) is 2.31. The number of hydrogen-bond acceptors (Lipinski definition) is 1. The zero-order valence-electron chi connectivity index (χ0n) is 8.50. The minimum absolute atomic E-state index is 0.204. The van der Waals surface area contributed by atoms with Crippen molar-refractivity contribution in [3.8, 4) is 0 Å². The maximum absolute atomic E-state index is 13.0. The molecule has 3 unspecified atom stereocenters. The SMILES string of the molecule is Cc1cc(C(O)C2CC2C)ccc1F. The third-order valence-corrected chi connectivity index (χ3v) is 3.10. The first kappa shape index (κ1) is 9.66. The Morgan fingerprint density at radius 1 is 1.50 bits per heavy atom. The van der Waals surface area contributed by atoms with Crippen molar-refractivity contribution in [1.29, 1.82) is 0 Å². The van der Waals surface area contributed by atoms with E-state index in [0.717, 1.165) is 12.0 Å². The molecule has 0 spiro atoms. The van der Waals surface area contributed by atoms with Crippen molar-refractivity contribution in [1.82, 2.24) is 0 Å². The Balaban J connectivity index is 2.20. The van der Waals surface area contributed by atoms with E-state index in [-0.39, 0.29) is 5.82 Å². The van der Waals surface area contributed by atoms with Crippen LogP contribution >= 0.6 is 0 Å². The molecule has 76 valence electrons. The summed E-state index contributed by atoms with van der Waals surface area (Å²) in [5, 5.41) is 9.92. The highest BCUT2D eigenvalue weighted by molar-refractivity contribution is 5.26. The lowest BCUT2D eigenvalue weighted by Gasteiger charge is -2.11. The molecule has 0 saturated heterocycles. The maximum atomic E-state index is 13.0. The molecule has 0 aromatic heterocycles. The molecule has 1 aromatic carbocycles. The van der Waals surface area contributed by atoms with Crippen molar-refractivity contribution in [2.24, 2.45) is 11.8 Å². The molecule has 1 nitrogen and oxygen atoms in total. The van der Waals surface area contributed by atoms with Crippen molar-refractivity contribution in [2.75, 3.05) is 0 Å². The van der Waals surface area contributed by atoms with Gasteiger partial charge in [-0.1, -0.05) is 19.1 Å². The Morgan fingerprint density at radius 2 is 2.14 bits per heavy atom. The molecule has 14 heavy (non-hydrogen) atoms. The van der Waals surface area contributed by atoms with Crippen molar-refractivity contribution >= 4 is 0 Å². The molecular formula is C12H15FO. The quantitative estimate of drug-likeness (QED) is 0.767. The van der Waals surface area contributed by atoms with E-state index in [1.807, 2.05) is 0 Å². The molecule has 1 aromatic rings. The molecule has 0 amide bonds. The molecule has 0 bridgehead atoms. The van der Waals surface area contributed by atoms with Gasteiger partial charge in [0.2, 0.25) is 0 Å². The third-order valence-electron chi connectivity index (χ3n) is 3.10. The average Bonchev–Trinajstić information content (AvgIpc) is 2.86. The highest BCUT2D eigenvalue weighted by Crippen LogP contribution is 2.46. The van der Waals surface area contributed by atoms with Crippen LogP contribution in [0.4, 0.5) is 4.39 Å². The number of aliphatic hydroxyl groups excluding tert-OH is 1. The first-order valence-corrected chi connectivity index (χ1v) is 5.03. The molecule has 1 N–H and O–H groups in total. The summed E-state index contributed by atoms with van der Waals surface area (Å²) < 4.78 is 13.0. The summed E-state index contributed by atoms with van der Waals surface area (Å²) >= 11 is 0. The summed E-state index contributed by atoms with van der Waals surface area (Å²) in [6, 6.07) is 4.85. The first-order valence-electron chi connectivity index (χ1n) is 5.03. The minimum atomic E-state index is -0.413. The van der Waals surface area contributed by atoms with E-state index in [4.69, 9.17) is 0 Å². The van der Waals surface area contributed by atoms with Crippen LogP contribution in [0.1, 0.15) is 30.6 Å². The van der Waals surface area contributed by atoms with Gasteiger partial charge in [-0.05, 0) is 42.4 Å². The molecule has 0 radical (unpaired) electrons. The predicted molar refractivity (Wildman–Crippen MR) is 53.4 cm³/mol. The standard InChI is InChI=1S/C12H15FO/c1-7-6-10(7)12(14)9-3-4-11(13)8(2)5-9/h3-5,7,10,12,14H,6H2,1-2H3. The first-order chi connectivity index (χ1) is 6.59. The van der Waals surface area contributed by atoms with Gasteiger partial charge in [-0.15, -0.1) is 0 Å². The van der Waals surface area contributed by atoms with Crippen LogP contribution in [0, 0.1) is 24.6 Å². The van der Waals surface area contributed by atoms with Gasteiger partial charge in [-0.25, -0.2) is 4.39 Å². The highest BCUT2D eigenvalue weighted by Gasteiger charge is 2.39. The molecule has 0 heterocycles. The predicted octanol–water partition coefficient (Wildman–Crippen LogP) is 2.82. The minimum Gasteiger partial charge on any atom is -0.388 e. The van der Waals surface area contributed by atoms with Crippen LogP contribution in [0.5, 0.6) is 0 Å². The van der Waals surface area contributed by atoms with Gasteiger partial charge >= 0.3 is 0 Å². The molecule has 2 rings (SSSR count). The van der Waals surface area contributed by atoms with Crippen LogP contribution < -0.4 is 0 Å². The zero-order chi connectivity index (χ0) is 10.3. The monoisotopic (exact) mass is 194 g/mol. The molecule has 1 fully saturated rings. The second-order valence-electron chi connectivity index (χ2n) is 4.33. The van der Waals surface area contributed by atoms with Gasteiger partial charge in [0.15, 0.2) is 0 Å². The normalized spacial score (nSPS) is 27.4. The summed E-state index contributed by atoms with van der Waals surface area (Å²) in [6.45, 7) is 3.85. The topological polar surface area (TPSA) is 20.2 Å². The molecule has 0 aliphatic heterocycles. The number of hydrogen-bond donors (Lipinski definition) is 1. The number of aryl methyl sites for hydroxylation is 1. The van der Waals surface area contributed by atoms with Gasteiger partial charge in [0, 0.05) is 0 Å². The molecule has 1 aliphatic rings. The van der Waals surface area contributed by atoms with E-state index in [9.17, 15) is 9.50 Å². The highest BCUT2D eigenvalue weighted by atomic mass is 19.1. The number of rotatable bonds is 2. The number of aliphatic hydroxyl groups is 1. The molecule has 1 saturated carbocycles. The lowest BCUT2D eigenvalue weighted by atomic mass is 10.0. The fourth-order valence-electron chi connectivity index (χ4n) is 1.89. The average molecular weight is 194 g/mol. The van der Waals surface area contributed by atoms with Gasteiger partial charge in [-0.3, -0.25) is 0 Å². The van der Waals surface area contributed by atoms with Crippen molar-refractivity contribution in [3.63, 3.8) is 0 Å². The van der Waals surface area contributed by atoms with Crippen molar-refractivity contribution in [2.45, 2.75) is 26.4 Å². The Hall–Kier alpha value is -0.890. The third kappa shape index (κ3) is 1.67. The zero-order valence-corrected chi connectivity index (χ0v) is 8.50.